The zero-order chi connectivity index (χ0) is 15.2. The van der Waals surface area contributed by atoms with Crippen molar-refractivity contribution in [2.45, 2.75) is 6.42 Å². The fourth-order valence-corrected chi connectivity index (χ4v) is 2.11. The highest BCUT2D eigenvalue weighted by atomic mass is 35.5. The van der Waals surface area contributed by atoms with Crippen molar-refractivity contribution < 1.29 is 19.0 Å². The van der Waals surface area contributed by atoms with Gasteiger partial charge in [-0.1, -0.05) is 17.7 Å². The largest absolute Gasteiger partial charge is 0.493 e. The van der Waals surface area contributed by atoms with Gasteiger partial charge in [0.1, 0.15) is 5.75 Å². The predicted octanol–water partition coefficient (Wildman–Crippen LogP) is 3.09. The molecule has 0 unspecified atom stereocenters. The van der Waals surface area contributed by atoms with E-state index in [0.717, 1.165) is 11.8 Å². The highest BCUT2D eigenvalue weighted by Gasteiger charge is 2.14. The summed E-state index contributed by atoms with van der Waals surface area (Å²) in [7, 11) is 2.94. The smallest absolute Gasteiger partial charge is 0.356 e. The van der Waals surface area contributed by atoms with Gasteiger partial charge >= 0.3 is 5.97 Å². The number of para-hydroxylation sites is 1. The van der Waals surface area contributed by atoms with Crippen molar-refractivity contribution in [1.82, 2.24) is 4.98 Å². The van der Waals surface area contributed by atoms with Gasteiger partial charge in [-0.15, -0.1) is 0 Å². The van der Waals surface area contributed by atoms with Crippen LogP contribution in [0.4, 0.5) is 0 Å². The van der Waals surface area contributed by atoms with E-state index >= 15 is 0 Å². The minimum Gasteiger partial charge on any atom is -0.493 e. The molecular formula is C15H16ClNO4. The first-order chi connectivity index (χ1) is 10.2. The molecule has 0 N–H and O–H groups in total. The highest BCUT2D eigenvalue weighted by molar-refractivity contribution is 6.35. The van der Waals surface area contributed by atoms with Gasteiger partial charge in [0.2, 0.25) is 0 Å². The Bertz CT molecular complexity index is 645. The molecule has 0 aliphatic carbocycles. The normalized spacial score (nSPS) is 10.6. The number of ether oxygens (including phenoxy) is 3. The number of aromatic nitrogens is 1. The van der Waals surface area contributed by atoms with Crippen molar-refractivity contribution in [3.8, 4) is 5.75 Å². The van der Waals surface area contributed by atoms with Gasteiger partial charge in [0.15, 0.2) is 5.69 Å². The number of esters is 1. The third-order valence-electron chi connectivity index (χ3n) is 2.90. The number of hydrogen-bond donors (Lipinski definition) is 0. The lowest BCUT2D eigenvalue weighted by molar-refractivity contribution is 0.0594. The Balaban J connectivity index is 2.40. The maximum atomic E-state index is 11.7. The van der Waals surface area contributed by atoms with Gasteiger partial charge in [-0.25, -0.2) is 9.78 Å². The number of halogens is 1. The molecule has 1 aromatic heterocycles. The van der Waals surface area contributed by atoms with E-state index in [1.165, 1.54) is 7.11 Å². The zero-order valence-electron chi connectivity index (χ0n) is 11.9. The average Bonchev–Trinajstić information content (AvgIpc) is 2.51. The lowest BCUT2D eigenvalue weighted by atomic mass is 10.2. The maximum absolute atomic E-state index is 11.7. The fraction of sp³-hybridized carbons (Fsp3) is 0.333. The van der Waals surface area contributed by atoms with Crippen molar-refractivity contribution in [2.75, 3.05) is 27.4 Å². The number of hydrogen-bond acceptors (Lipinski definition) is 5. The Labute approximate surface area is 127 Å². The summed E-state index contributed by atoms with van der Waals surface area (Å²) in [5.74, 6) is 0.0255. The van der Waals surface area contributed by atoms with Crippen LogP contribution in [-0.4, -0.2) is 38.4 Å². The first-order valence-electron chi connectivity index (χ1n) is 6.46. The van der Waals surface area contributed by atoms with E-state index in [4.69, 9.17) is 25.8 Å². The molecule has 0 atom stereocenters. The molecule has 2 aromatic rings. The van der Waals surface area contributed by atoms with Crippen LogP contribution in [0.15, 0.2) is 24.3 Å². The van der Waals surface area contributed by atoms with Crippen LogP contribution in [-0.2, 0) is 9.47 Å². The first-order valence-corrected chi connectivity index (χ1v) is 6.84. The minimum absolute atomic E-state index is 0.167. The molecule has 5 nitrogen and oxygen atoms in total. The summed E-state index contributed by atoms with van der Waals surface area (Å²) >= 11 is 6.14. The lowest BCUT2D eigenvalue weighted by Crippen LogP contribution is -2.07. The summed E-state index contributed by atoms with van der Waals surface area (Å²) in [6, 6.07) is 6.94. The van der Waals surface area contributed by atoms with Gasteiger partial charge in [-0.05, 0) is 12.1 Å². The SMILES string of the molecule is COCCCOc1cc(C(=O)OC)nc2c(Cl)cccc12. The molecule has 2 rings (SSSR count). The van der Waals surface area contributed by atoms with Crippen molar-refractivity contribution >= 4 is 28.5 Å². The topological polar surface area (TPSA) is 57.7 Å². The monoisotopic (exact) mass is 309 g/mol. The number of nitrogens with zero attached hydrogens (tertiary/aromatic N) is 1. The lowest BCUT2D eigenvalue weighted by Gasteiger charge is -2.11. The van der Waals surface area contributed by atoms with E-state index in [2.05, 4.69) is 4.98 Å². The molecule has 0 saturated heterocycles. The number of pyridine rings is 1. The third-order valence-corrected chi connectivity index (χ3v) is 3.20. The molecule has 0 aliphatic heterocycles. The molecule has 0 radical (unpaired) electrons. The number of carbonyl (C=O) groups is 1. The summed E-state index contributed by atoms with van der Waals surface area (Å²) < 4.78 is 15.4. The van der Waals surface area contributed by atoms with Crippen LogP contribution in [0.2, 0.25) is 5.02 Å². The molecule has 6 heteroatoms. The number of fused-ring (bicyclic) bond motifs is 1. The van der Waals surface area contributed by atoms with Gasteiger partial charge in [0.05, 0.1) is 24.3 Å². The Morgan fingerprint density at radius 2 is 2.10 bits per heavy atom. The quantitative estimate of drug-likeness (QED) is 0.606. The molecule has 0 fully saturated rings. The number of methoxy groups -OCH3 is 2. The van der Waals surface area contributed by atoms with E-state index in [-0.39, 0.29) is 5.69 Å². The van der Waals surface area contributed by atoms with Crippen LogP contribution >= 0.6 is 11.6 Å². The fourth-order valence-electron chi connectivity index (χ4n) is 1.90. The second-order valence-electron chi connectivity index (χ2n) is 4.33. The van der Waals surface area contributed by atoms with Gasteiger partial charge < -0.3 is 14.2 Å². The molecular weight excluding hydrogens is 294 g/mol. The standard InChI is InChI=1S/C15H16ClNO4/c1-19-7-4-8-21-13-9-12(15(18)20-2)17-14-10(13)5-3-6-11(14)16/h3,5-6,9H,4,7-8H2,1-2H3. The summed E-state index contributed by atoms with van der Waals surface area (Å²) in [5.41, 5.74) is 0.684. The van der Waals surface area contributed by atoms with Crippen LogP contribution < -0.4 is 4.74 Å². The Morgan fingerprint density at radius 1 is 1.29 bits per heavy atom. The molecule has 1 heterocycles. The molecule has 0 bridgehead atoms. The summed E-state index contributed by atoms with van der Waals surface area (Å²) in [6.07, 6.45) is 0.744. The minimum atomic E-state index is -0.529. The molecule has 1 aromatic carbocycles. The Hall–Kier alpha value is -1.85. The average molecular weight is 310 g/mol. The van der Waals surface area contributed by atoms with Crippen molar-refractivity contribution in [3.05, 3.63) is 35.0 Å². The van der Waals surface area contributed by atoms with Gasteiger partial charge in [0, 0.05) is 31.6 Å². The molecule has 0 aliphatic rings. The number of benzene rings is 1. The molecule has 0 amide bonds. The molecule has 21 heavy (non-hydrogen) atoms. The van der Waals surface area contributed by atoms with E-state index in [1.807, 2.05) is 12.1 Å². The van der Waals surface area contributed by atoms with E-state index < -0.39 is 5.97 Å². The summed E-state index contributed by atoms with van der Waals surface area (Å²) in [4.78, 5) is 15.9. The summed E-state index contributed by atoms with van der Waals surface area (Å²) in [6.45, 7) is 1.08. The zero-order valence-corrected chi connectivity index (χ0v) is 12.6. The highest BCUT2D eigenvalue weighted by Crippen LogP contribution is 2.30. The van der Waals surface area contributed by atoms with Crippen LogP contribution in [0.5, 0.6) is 5.75 Å². The van der Waals surface area contributed by atoms with Crippen LogP contribution in [0.3, 0.4) is 0 Å². The first kappa shape index (κ1) is 15.5. The molecule has 0 saturated carbocycles. The van der Waals surface area contributed by atoms with Crippen molar-refractivity contribution in [1.29, 1.82) is 0 Å². The second-order valence-corrected chi connectivity index (χ2v) is 4.74. The van der Waals surface area contributed by atoms with E-state index in [0.29, 0.717) is 29.5 Å². The van der Waals surface area contributed by atoms with Crippen molar-refractivity contribution in [3.63, 3.8) is 0 Å². The van der Waals surface area contributed by atoms with Gasteiger partial charge in [-0.2, -0.15) is 0 Å². The maximum Gasteiger partial charge on any atom is 0.356 e. The predicted molar refractivity (Wildman–Crippen MR) is 80.1 cm³/mol. The van der Waals surface area contributed by atoms with Crippen LogP contribution in [0, 0.1) is 0 Å². The molecule has 112 valence electrons. The Kier molecular flexibility index (Phi) is 5.36. The second kappa shape index (κ2) is 7.24. The van der Waals surface area contributed by atoms with Gasteiger partial charge in [0.25, 0.3) is 0 Å². The van der Waals surface area contributed by atoms with Crippen LogP contribution in [0.1, 0.15) is 16.9 Å². The van der Waals surface area contributed by atoms with E-state index in [9.17, 15) is 4.79 Å². The van der Waals surface area contributed by atoms with Crippen molar-refractivity contribution in [2.24, 2.45) is 0 Å². The number of carbonyl (C=O) groups excluding carboxylic acids is 1. The third kappa shape index (κ3) is 3.62. The van der Waals surface area contributed by atoms with E-state index in [1.54, 1.807) is 19.2 Å². The van der Waals surface area contributed by atoms with Gasteiger partial charge in [-0.3, -0.25) is 0 Å². The molecule has 0 spiro atoms. The Morgan fingerprint density at radius 3 is 2.81 bits per heavy atom. The number of rotatable bonds is 6. The summed E-state index contributed by atoms with van der Waals surface area (Å²) in [5, 5.41) is 1.22. The van der Waals surface area contributed by atoms with Crippen LogP contribution in [0.25, 0.3) is 10.9 Å².